The van der Waals surface area contributed by atoms with Gasteiger partial charge in [-0.25, -0.2) is 0 Å². The van der Waals surface area contributed by atoms with Gasteiger partial charge in [0, 0.05) is 42.9 Å². The third-order valence-corrected chi connectivity index (χ3v) is 3.53. The van der Waals surface area contributed by atoms with E-state index in [0.29, 0.717) is 12.6 Å². The maximum Gasteiger partial charge on any atom is 0.0455 e. The van der Waals surface area contributed by atoms with Crippen molar-refractivity contribution in [1.29, 1.82) is 0 Å². The lowest BCUT2D eigenvalue weighted by molar-refractivity contribution is 0.463. The highest BCUT2D eigenvalue weighted by Gasteiger charge is 2.19. The summed E-state index contributed by atoms with van der Waals surface area (Å²) < 4.78 is 0. The molecule has 1 aliphatic rings. The van der Waals surface area contributed by atoms with Crippen LogP contribution >= 0.6 is 11.6 Å². The third-order valence-electron chi connectivity index (χ3n) is 3.12. The van der Waals surface area contributed by atoms with Crippen LogP contribution in [0.15, 0.2) is 18.2 Å². The molecule has 0 spiro atoms. The van der Waals surface area contributed by atoms with Gasteiger partial charge in [0.2, 0.25) is 0 Å². The first kappa shape index (κ1) is 11.7. The predicted octanol–water partition coefficient (Wildman–Crippen LogP) is 1.39. The summed E-state index contributed by atoms with van der Waals surface area (Å²) in [6, 6.07) is 6.44. The molecule has 0 saturated carbocycles. The van der Waals surface area contributed by atoms with Crippen molar-refractivity contribution in [2.24, 2.45) is 5.73 Å². The van der Waals surface area contributed by atoms with E-state index in [4.69, 9.17) is 17.3 Å². The molecule has 2 rings (SSSR count). The maximum atomic E-state index is 6.14. The molecule has 0 bridgehead atoms. The summed E-state index contributed by atoms with van der Waals surface area (Å²) in [5.74, 6) is 0. The molecule has 0 radical (unpaired) electrons. The highest BCUT2D eigenvalue weighted by molar-refractivity contribution is 6.31. The Morgan fingerprint density at radius 1 is 1.56 bits per heavy atom. The maximum absolute atomic E-state index is 6.14. The van der Waals surface area contributed by atoms with Crippen molar-refractivity contribution in [3.8, 4) is 0 Å². The summed E-state index contributed by atoms with van der Waals surface area (Å²) >= 11 is 6.14. The summed E-state index contributed by atoms with van der Waals surface area (Å²) in [4.78, 5) is 2.36. The van der Waals surface area contributed by atoms with Gasteiger partial charge in [0.15, 0.2) is 0 Å². The van der Waals surface area contributed by atoms with Crippen LogP contribution in [0.1, 0.15) is 5.56 Å². The van der Waals surface area contributed by atoms with Gasteiger partial charge in [-0.2, -0.15) is 0 Å². The van der Waals surface area contributed by atoms with Crippen LogP contribution < -0.4 is 16.0 Å². The second-order valence-electron chi connectivity index (χ2n) is 4.22. The third kappa shape index (κ3) is 2.32. The zero-order chi connectivity index (χ0) is 11.5. The highest BCUT2D eigenvalue weighted by atomic mass is 35.5. The number of hydrogen-bond donors (Lipinski definition) is 2. The normalized spacial score (nSPS) is 21.2. The monoisotopic (exact) mass is 239 g/mol. The number of hydrogen-bond acceptors (Lipinski definition) is 3. The van der Waals surface area contributed by atoms with E-state index < -0.39 is 0 Å². The number of anilines is 1. The molecule has 0 aliphatic carbocycles. The zero-order valence-electron chi connectivity index (χ0n) is 9.54. The molecule has 1 unspecified atom stereocenters. The van der Waals surface area contributed by atoms with E-state index >= 15 is 0 Å². The molecule has 3 N–H and O–H groups in total. The Bertz CT molecular complexity index is 367. The molecule has 4 heteroatoms. The quantitative estimate of drug-likeness (QED) is 0.820. The fourth-order valence-electron chi connectivity index (χ4n) is 2.14. The van der Waals surface area contributed by atoms with Gasteiger partial charge in [0.25, 0.3) is 0 Å². The SMILES string of the molecule is Cc1c(Cl)cccc1N1CCNC(CN)C1. The Balaban J connectivity index is 2.20. The van der Waals surface area contributed by atoms with Gasteiger partial charge in [0.1, 0.15) is 0 Å². The largest absolute Gasteiger partial charge is 0.368 e. The van der Waals surface area contributed by atoms with Crippen molar-refractivity contribution in [3.63, 3.8) is 0 Å². The van der Waals surface area contributed by atoms with Crippen LogP contribution in [-0.4, -0.2) is 32.2 Å². The van der Waals surface area contributed by atoms with Crippen LogP contribution in [-0.2, 0) is 0 Å². The van der Waals surface area contributed by atoms with Crippen LogP contribution in [0.4, 0.5) is 5.69 Å². The van der Waals surface area contributed by atoms with Crippen molar-refractivity contribution >= 4 is 17.3 Å². The number of piperazine rings is 1. The van der Waals surface area contributed by atoms with Crippen molar-refractivity contribution in [3.05, 3.63) is 28.8 Å². The van der Waals surface area contributed by atoms with Crippen LogP contribution in [0, 0.1) is 6.92 Å². The molecule has 1 aromatic rings. The number of nitrogens with one attached hydrogen (secondary N) is 1. The van der Waals surface area contributed by atoms with E-state index in [1.807, 2.05) is 12.1 Å². The van der Waals surface area contributed by atoms with Gasteiger partial charge >= 0.3 is 0 Å². The molecule has 1 atom stereocenters. The minimum absolute atomic E-state index is 0.382. The van der Waals surface area contributed by atoms with Crippen LogP contribution in [0.25, 0.3) is 0 Å². The van der Waals surface area contributed by atoms with E-state index in [2.05, 4.69) is 23.2 Å². The van der Waals surface area contributed by atoms with E-state index in [1.54, 1.807) is 0 Å². The lowest BCUT2D eigenvalue weighted by Gasteiger charge is -2.35. The molecule has 1 aliphatic heterocycles. The Hall–Kier alpha value is -0.770. The zero-order valence-corrected chi connectivity index (χ0v) is 10.3. The van der Waals surface area contributed by atoms with Crippen LogP contribution in [0.2, 0.25) is 5.02 Å². The second kappa shape index (κ2) is 5.04. The average molecular weight is 240 g/mol. The number of halogens is 1. The lowest BCUT2D eigenvalue weighted by Crippen LogP contribution is -2.53. The second-order valence-corrected chi connectivity index (χ2v) is 4.62. The molecule has 1 saturated heterocycles. The molecule has 88 valence electrons. The molecule has 1 heterocycles. The Morgan fingerprint density at radius 2 is 2.38 bits per heavy atom. The summed E-state index contributed by atoms with van der Waals surface area (Å²) in [7, 11) is 0. The standard InChI is InChI=1S/C12H18ClN3/c1-9-11(13)3-2-4-12(9)16-6-5-15-10(7-14)8-16/h2-4,10,15H,5-8,14H2,1H3. The van der Waals surface area contributed by atoms with Crippen molar-refractivity contribution in [2.45, 2.75) is 13.0 Å². The van der Waals surface area contributed by atoms with E-state index in [1.165, 1.54) is 5.69 Å². The first-order valence-corrected chi connectivity index (χ1v) is 6.03. The van der Waals surface area contributed by atoms with Crippen LogP contribution in [0.5, 0.6) is 0 Å². The fraction of sp³-hybridized carbons (Fsp3) is 0.500. The van der Waals surface area contributed by atoms with Crippen LogP contribution in [0.3, 0.4) is 0 Å². The summed E-state index contributed by atoms with van der Waals surface area (Å²) in [6.45, 7) is 5.69. The Labute approximate surface area is 102 Å². The van der Waals surface area contributed by atoms with Crippen molar-refractivity contribution < 1.29 is 0 Å². The van der Waals surface area contributed by atoms with E-state index in [9.17, 15) is 0 Å². The minimum atomic E-state index is 0.382. The summed E-state index contributed by atoms with van der Waals surface area (Å²) in [6.07, 6.45) is 0. The molecule has 1 fully saturated rings. The molecule has 16 heavy (non-hydrogen) atoms. The minimum Gasteiger partial charge on any atom is -0.368 e. The number of benzene rings is 1. The average Bonchev–Trinajstić information content (AvgIpc) is 2.33. The fourth-order valence-corrected chi connectivity index (χ4v) is 2.31. The van der Waals surface area contributed by atoms with E-state index in [0.717, 1.165) is 30.2 Å². The highest BCUT2D eigenvalue weighted by Crippen LogP contribution is 2.26. The van der Waals surface area contributed by atoms with E-state index in [-0.39, 0.29) is 0 Å². The molecule has 3 nitrogen and oxygen atoms in total. The topological polar surface area (TPSA) is 41.3 Å². The Kier molecular flexibility index (Phi) is 3.69. The van der Waals surface area contributed by atoms with Gasteiger partial charge in [0.05, 0.1) is 0 Å². The Morgan fingerprint density at radius 3 is 3.12 bits per heavy atom. The number of rotatable bonds is 2. The van der Waals surface area contributed by atoms with Gasteiger partial charge in [-0.05, 0) is 24.6 Å². The number of nitrogens with two attached hydrogens (primary N) is 1. The smallest absolute Gasteiger partial charge is 0.0455 e. The lowest BCUT2D eigenvalue weighted by atomic mass is 10.1. The molecular formula is C12H18ClN3. The molecule has 0 aromatic heterocycles. The predicted molar refractivity (Wildman–Crippen MR) is 69.2 cm³/mol. The first-order valence-electron chi connectivity index (χ1n) is 5.66. The van der Waals surface area contributed by atoms with Crippen molar-refractivity contribution in [1.82, 2.24) is 5.32 Å². The summed E-state index contributed by atoms with van der Waals surface area (Å²) in [5.41, 5.74) is 8.08. The first-order chi connectivity index (χ1) is 7.72. The molecule has 1 aromatic carbocycles. The molecular weight excluding hydrogens is 222 g/mol. The molecule has 0 amide bonds. The number of nitrogens with zero attached hydrogens (tertiary/aromatic N) is 1. The van der Waals surface area contributed by atoms with Gasteiger partial charge in [-0.15, -0.1) is 0 Å². The summed E-state index contributed by atoms with van der Waals surface area (Å²) in [5, 5.41) is 4.24. The van der Waals surface area contributed by atoms with Gasteiger partial charge in [-0.3, -0.25) is 0 Å². The van der Waals surface area contributed by atoms with Gasteiger partial charge < -0.3 is 16.0 Å². The van der Waals surface area contributed by atoms with Crippen molar-refractivity contribution in [2.75, 3.05) is 31.1 Å². The van der Waals surface area contributed by atoms with Gasteiger partial charge in [-0.1, -0.05) is 17.7 Å².